The average Bonchev–Trinajstić information content (AvgIpc) is 2.26. The molecule has 0 amide bonds. The Morgan fingerprint density at radius 2 is 2.21 bits per heavy atom. The van der Waals surface area contributed by atoms with Gasteiger partial charge in [-0.15, -0.1) is 0 Å². The molecular formula is C11H15N3. The fourth-order valence-corrected chi connectivity index (χ4v) is 2.28. The summed E-state index contributed by atoms with van der Waals surface area (Å²) >= 11 is 0. The van der Waals surface area contributed by atoms with Crippen molar-refractivity contribution in [2.45, 2.75) is 12.7 Å². The van der Waals surface area contributed by atoms with Gasteiger partial charge in [-0.05, 0) is 11.6 Å². The predicted molar refractivity (Wildman–Crippen MR) is 57.1 cm³/mol. The Labute approximate surface area is 84.1 Å². The normalized spacial score (nSPS) is 26.1. The van der Waals surface area contributed by atoms with E-state index in [0.717, 1.165) is 26.2 Å². The molecule has 3 rings (SSSR count). The van der Waals surface area contributed by atoms with E-state index in [1.54, 1.807) is 0 Å². The predicted octanol–water partition coefficient (Wildman–Crippen LogP) is 0.843. The summed E-state index contributed by atoms with van der Waals surface area (Å²) in [5.74, 6) is 0. The standard InChI is InChI=1S/C11H15N3/c1-2-4-10-9(3-1)8-14-6-5-12-7-11(14)13-10/h1-4,11-13H,5-8H2. The van der Waals surface area contributed by atoms with Crippen LogP contribution in [0.15, 0.2) is 24.3 Å². The van der Waals surface area contributed by atoms with Crippen LogP contribution in [0.25, 0.3) is 0 Å². The first kappa shape index (κ1) is 8.26. The molecule has 74 valence electrons. The van der Waals surface area contributed by atoms with E-state index in [9.17, 15) is 0 Å². The number of fused-ring (bicyclic) bond motifs is 2. The third-order valence-corrected chi connectivity index (χ3v) is 3.07. The third kappa shape index (κ3) is 1.29. The molecule has 2 aliphatic rings. The SMILES string of the molecule is c1ccc2c(c1)CN1CCNCC1N2. The molecule has 0 aromatic heterocycles. The van der Waals surface area contributed by atoms with E-state index in [0.29, 0.717) is 6.17 Å². The molecule has 0 bridgehead atoms. The molecule has 1 unspecified atom stereocenters. The molecule has 2 N–H and O–H groups in total. The van der Waals surface area contributed by atoms with Crippen molar-refractivity contribution in [2.75, 3.05) is 25.0 Å². The highest BCUT2D eigenvalue weighted by Crippen LogP contribution is 2.25. The molecule has 3 nitrogen and oxygen atoms in total. The van der Waals surface area contributed by atoms with Gasteiger partial charge >= 0.3 is 0 Å². The van der Waals surface area contributed by atoms with Gasteiger partial charge in [-0.25, -0.2) is 0 Å². The average molecular weight is 189 g/mol. The second-order valence-electron chi connectivity index (χ2n) is 3.99. The van der Waals surface area contributed by atoms with Crippen LogP contribution in [0.2, 0.25) is 0 Å². The van der Waals surface area contributed by atoms with E-state index >= 15 is 0 Å². The Balaban J connectivity index is 1.91. The van der Waals surface area contributed by atoms with Gasteiger partial charge in [0.15, 0.2) is 0 Å². The highest BCUT2D eigenvalue weighted by Gasteiger charge is 2.26. The maximum absolute atomic E-state index is 3.56. The molecular weight excluding hydrogens is 174 g/mol. The summed E-state index contributed by atoms with van der Waals surface area (Å²) in [6, 6.07) is 8.59. The minimum atomic E-state index is 0.485. The second-order valence-corrected chi connectivity index (χ2v) is 3.99. The van der Waals surface area contributed by atoms with Crippen molar-refractivity contribution in [3.63, 3.8) is 0 Å². The van der Waals surface area contributed by atoms with Gasteiger partial charge in [-0.2, -0.15) is 0 Å². The lowest BCUT2D eigenvalue weighted by Gasteiger charge is -2.41. The lowest BCUT2D eigenvalue weighted by atomic mass is 10.1. The molecule has 0 spiro atoms. The van der Waals surface area contributed by atoms with Crippen LogP contribution in [-0.4, -0.2) is 30.7 Å². The summed E-state index contributed by atoms with van der Waals surface area (Å²) in [7, 11) is 0. The monoisotopic (exact) mass is 189 g/mol. The van der Waals surface area contributed by atoms with Crippen molar-refractivity contribution in [1.29, 1.82) is 0 Å². The van der Waals surface area contributed by atoms with Crippen molar-refractivity contribution < 1.29 is 0 Å². The van der Waals surface area contributed by atoms with Crippen LogP contribution < -0.4 is 10.6 Å². The Bertz CT molecular complexity index is 304. The maximum atomic E-state index is 3.56. The van der Waals surface area contributed by atoms with Crippen LogP contribution in [0.4, 0.5) is 5.69 Å². The molecule has 1 aromatic carbocycles. The first-order valence-electron chi connectivity index (χ1n) is 5.23. The summed E-state index contributed by atoms with van der Waals surface area (Å²) in [6.07, 6.45) is 0.485. The molecule has 2 aliphatic heterocycles. The molecule has 0 radical (unpaired) electrons. The number of benzene rings is 1. The molecule has 1 atom stereocenters. The first-order valence-corrected chi connectivity index (χ1v) is 5.23. The largest absolute Gasteiger partial charge is 0.368 e. The molecule has 1 saturated heterocycles. The number of hydrogen-bond donors (Lipinski definition) is 2. The zero-order valence-electron chi connectivity index (χ0n) is 8.16. The third-order valence-electron chi connectivity index (χ3n) is 3.07. The van der Waals surface area contributed by atoms with Crippen LogP contribution in [0.3, 0.4) is 0 Å². The van der Waals surface area contributed by atoms with Gasteiger partial charge in [-0.3, -0.25) is 4.90 Å². The summed E-state index contributed by atoms with van der Waals surface area (Å²) in [6.45, 7) is 4.40. The van der Waals surface area contributed by atoms with Gasteiger partial charge < -0.3 is 10.6 Å². The molecule has 0 aliphatic carbocycles. The van der Waals surface area contributed by atoms with Crippen molar-refractivity contribution >= 4 is 5.69 Å². The summed E-state index contributed by atoms with van der Waals surface area (Å²) < 4.78 is 0. The number of piperazine rings is 1. The van der Waals surface area contributed by atoms with E-state index < -0.39 is 0 Å². The molecule has 1 aromatic rings. The minimum absolute atomic E-state index is 0.485. The lowest BCUT2D eigenvalue weighted by Crippen LogP contribution is -2.56. The minimum Gasteiger partial charge on any atom is -0.368 e. The molecule has 2 heterocycles. The van der Waals surface area contributed by atoms with E-state index in [1.807, 2.05) is 0 Å². The summed E-state index contributed by atoms with van der Waals surface area (Å²) in [5.41, 5.74) is 2.73. The van der Waals surface area contributed by atoms with Crippen LogP contribution >= 0.6 is 0 Å². The fourth-order valence-electron chi connectivity index (χ4n) is 2.28. The van der Waals surface area contributed by atoms with Crippen molar-refractivity contribution in [3.05, 3.63) is 29.8 Å². The van der Waals surface area contributed by atoms with Gasteiger partial charge in [0.2, 0.25) is 0 Å². The Hall–Kier alpha value is -1.06. The zero-order valence-corrected chi connectivity index (χ0v) is 8.16. The Morgan fingerprint density at radius 3 is 3.21 bits per heavy atom. The topological polar surface area (TPSA) is 27.3 Å². The number of nitrogens with zero attached hydrogens (tertiary/aromatic N) is 1. The van der Waals surface area contributed by atoms with Crippen LogP contribution in [0.1, 0.15) is 5.56 Å². The second kappa shape index (κ2) is 3.26. The van der Waals surface area contributed by atoms with Crippen LogP contribution in [0.5, 0.6) is 0 Å². The highest BCUT2D eigenvalue weighted by molar-refractivity contribution is 5.53. The highest BCUT2D eigenvalue weighted by atomic mass is 15.3. The molecule has 1 fully saturated rings. The van der Waals surface area contributed by atoms with Crippen molar-refractivity contribution in [1.82, 2.24) is 10.2 Å². The van der Waals surface area contributed by atoms with Gasteiger partial charge in [-0.1, -0.05) is 18.2 Å². The molecule has 14 heavy (non-hydrogen) atoms. The molecule has 3 heteroatoms. The van der Waals surface area contributed by atoms with E-state index in [1.165, 1.54) is 11.3 Å². The Morgan fingerprint density at radius 1 is 1.29 bits per heavy atom. The van der Waals surface area contributed by atoms with Crippen molar-refractivity contribution in [2.24, 2.45) is 0 Å². The van der Waals surface area contributed by atoms with E-state index in [-0.39, 0.29) is 0 Å². The molecule has 0 saturated carbocycles. The van der Waals surface area contributed by atoms with Crippen LogP contribution in [-0.2, 0) is 6.54 Å². The summed E-state index contributed by atoms with van der Waals surface area (Å²) in [5, 5.41) is 6.97. The maximum Gasteiger partial charge on any atom is 0.0924 e. The number of rotatable bonds is 0. The number of hydrogen-bond acceptors (Lipinski definition) is 3. The smallest absolute Gasteiger partial charge is 0.0924 e. The number of anilines is 1. The first-order chi connectivity index (χ1) is 6.93. The quantitative estimate of drug-likeness (QED) is 0.633. The zero-order chi connectivity index (χ0) is 9.38. The van der Waals surface area contributed by atoms with Gasteiger partial charge in [0, 0.05) is 31.9 Å². The number of para-hydroxylation sites is 1. The van der Waals surface area contributed by atoms with Crippen molar-refractivity contribution in [3.8, 4) is 0 Å². The van der Waals surface area contributed by atoms with Gasteiger partial charge in [0.25, 0.3) is 0 Å². The van der Waals surface area contributed by atoms with E-state index in [2.05, 4.69) is 39.8 Å². The summed E-state index contributed by atoms with van der Waals surface area (Å²) in [4.78, 5) is 2.50. The van der Waals surface area contributed by atoms with Gasteiger partial charge in [0.1, 0.15) is 0 Å². The fraction of sp³-hybridized carbons (Fsp3) is 0.455. The van der Waals surface area contributed by atoms with Crippen LogP contribution in [0, 0.1) is 0 Å². The van der Waals surface area contributed by atoms with E-state index in [4.69, 9.17) is 0 Å². The number of nitrogens with one attached hydrogen (secondary N) is 2. The Kier molecular flexibility index (Phi) is 1.92. The van der Waals surface area contributed by atoms with Gasteiger partial charge in [0.05, 0.1) is 6.17 Å². The lowest BCUT2D eigenvalue weighted by molar-refractivity contribution is 0.164.